The molecule has 0 bridgehead atoms. The number of rotatable bonds is 15. The first-order chi connectivity index (χ1) is 9.88. The average molecular weight is 282 g/mol. The Bertz CT molecular complexity index is 198. The predicted molar refractivity (Wildman–Crippen MR) is 91.3 cm³/mol. The van der Waals surface area contributed by atoms with E-state index in [9.17, 15) is 0 Å². The van der Waals surface area contributed by atoms with Crippen LogP contribution in [0.5, 0.6) is 0 Å². The second kappa shape index (κ2) is 12.7. The first-order valence-corrected chi connectivity index (χ1v) is 9.61. The van der Waals surface area contributed by atoms with Crippen LogP contribution in [0.25, 0.3) is 0 Å². The fourth-order valence-electron chi connectivity index (χ4n) is 3.18. The van der Waals surface area contributed by atoms with Crippen LogP contribution in [0.2, 0.25) is 0 Å². The monoisotopic (exact) mass is 281 g/mol. The molecule has 1 saturated carbocycles. The minimum Gasteiger partial charge on any atom is -0.314 e. The van der Waals surface area contributed by atoms with Gasteiger partial charge in [-0.15, -0.1) is 0 Å². The third-order valence-electron chi connectivity index (χ3n) is 4.72. The van der Waals surface area contributed by atoms with E-state index in [1.54, 1.807) is 0 Å². The first kappa shape index (κ1) is 18.0. The summed E-state index contributed by atoms with van der Waals surface area (Å²) >= 11 is 0. The van der Waals surface area contributed by atoms with Crippen LogP contribution in [0, 0.1) is 5.92 Å². The van der Waals surface area contributed by atoms with E-state index in [1.165, 1.54) is 96.4 Å². The highest BCUT2D eigenvalue weighted by Gasteiger charge is 2.29. The quantitative estimate of drug-likeness (QED) is 0.359. The average Bonchev–Trinajstić information content (AvgIpc) is 3.28. The Labute approximate surface area is 128 Å². The third-order valence-corrected chi connectivity index (χ3v) is 4.72. The third kappa shape index (κ3) is 9.80. The van der Waals surface area contributed by atoms with Crippen molar-refractivity contribution in [3.8, 4) is 0 Å². The summed E-state index contributed by atoms with van der Waals surface area (Å²) in [5.41, 5.74) is 0. The molecule has 1 unspecified atom stereocenters. The Morgan fingerprint density at radius 3 is 1.80 bits per heavy atom. The fraction of sp³-hybridized carbons (Fsp3) is 1.00. The van der Waals surface area contributed by atoms with Crippen molar-refractivity contribution in [1.29, 1.82) is 0 Å². The van der Waals surface area contributed by atoms with Gasteiger partial charge in [-0.05, 0) is 38.1 Å². The molecule has 1 rings (SSSR count). The molecule has 0 aromatic heterocycles. The van der Waals surface area contributed by atoms with E-state index in [0.29, 0.717) is 0 Å². The van der Waals surface area contributed by atoms with Crippen LogP contribution in [0.3, 0.4) is 0 Å². The summed E-state index contributed by atoms with van der Waals surface area (Å²) in [6.45, 7) is 5.79. The molecule has 0 aromatic carbocycles. The van der Waals surface area contributed by atoms with Gasteiger partial charge < -0.3 is 5.32 Å². The lowest BCUT2D eigenvalue weighted by Gasteiger charge is -2.17. The number of unbranched alkanes of at least 4 members (excludes halogenated alkanes) is 9. The summed E-state index contributed by atoms with van der Waals surface area (Å²) < 4.78 is 0. The molecular weight excluding hydrogens is 242 g/mol. The van der Waals surface area contributed by atoms with E-state index in [0.717, 1.165) is 12.0 Å². The molecule has 0 amide bonds. The molecule has 1 aliphatic carbocycles. The van der Waals surface area contributed by atoms with Gasteiger partial charge >= 0.3 is 0 Å². The maximum Gasteiger partial charge on any atom is 0.00953 e. The fourth-order valence-corrected chi connectivity index (χ4v) is 3.18. The molecule has 1 N–H and O–H groups in total. The van der Waals surface area contributed by atoms with Gasteiger partial charge in [0.05, 0.1) is 0 Å². The molecule has 1 nitrogen and oxygen atoms in total. The van der Waals surface area contributed by atoms with Gasteiger partial charge in [-0.1, -0.05) is 78.1 Å². The molecular formula is C19H39N. The molecule has 1 atom stereocenters. The number of hydrogen-bond donors (Lipinski definition) is 1. The topological polar surface area (TPSA) is 12.0 Å². The van der Waals surface area contributed by atoms with Crippen LogP contribution in [-0.4, -0.2) is 12.6 Å². The first-order valence-electron chi connectivity index (χ1n) is 9.61. The second-order valence-corrected chi connectivity index (χ2v) is 6.87. The van der Waals surface area contributed by atoms with Crippen LogP contribution in [0.1, 0.15) is 104 Å². The van der Waals surface area contributed by atoms with Gasteiger partial charge in [0.2, 0.25) is 0 Å². The zero-order chi connectivity index (χ0) is 14.5. The number of hydrogen-bond acceptors (Lipinski definition) is 1. The van der Waals surface area contributed by atoms with Crippen LogP contribution in [-0.2, 0) is 0 Å². The molecule has 0 aromatic rings. The van der Waals surface area contributed by atoms with Gasteiger partial charge in [-0.2, -0.15) is 0 Å². The molecule has 120 valence electrons. The predicted octanol–water partition coefficient (Wildman–Crippen LogP) is 6.08. The Morgan fingerprint density at radius 1 is 0.750 bits per heavy atom. The molecule has 0 spiro atoms. The lowest BCUT2D eigenvalue weighted by atomic mass is 10.0. The van der Waals surface area contributed by atoms with Gasteiger partial charge in [0.1, 0.15) is 0 Å². The summed E-state index contributed by atoms with van der Waals surface area (Å²) in [7, 11) is 0. The maximum absolute atomic E-state index is 3.76. The summed E-state index contributed by atoms with van der Waals surface area (Å²) in [6.07, 6.45) is 20.2. The number of nitrogens with one attached hydrogen (secondary N) is 1. The molecule has 0 saturated heterocycles. The van der Waals surface area contributed by atoms with Gasteiger partial charge in [-0.25, -0.2) is 0 Å². The van der Waals surface area contributed by atoms with E-state index in [-0.39, 0.29) is 0 Å². The highest BCUT2D eigenvalue weighted by molar-refractivity contribution is 4.86. The standard InChI is InChI=1S/C19H39N/c1-3-5-6-7-8-9-10-11-12-13-14-19(18-15-16-18)20-17-4-2/h18-20H,3-17H2,1-2H3. The van der Waals surface area contributed by atoms with Crippen molar-refractivity contribution in [3.63, 3.8) is 0 Å². The van der Waals surface area contributed by atoms with Crippen molar-refractivity contribution in [3.05, 3.63) is 0 Å². The minimum absolute atomic E-state index is 0.851. The van der Waals surface area contributed by atoms with Crippen LogP contribution in [0.4, 0.5) is 0 Å². The molecule has 0 radical (unpaired) electrons. The normalized spacial score (nSPS) is 16.5. The summed E-state index contributed by atoms with van der Waals surface area (Å²) in [5, 5.41) is 3.76. The largest absolute Gasteiger partial charge is 0.314 e. The molecule has 1 fully saturated rings. The van der Waals surface area contributed by atoms with Gasteiger partial charge in [0, 0.05) is 6.04 Å². The Hall–Kier alpha value is -0.0400. The van der Waals surface area contributed by atoms with Crippen molar-refractivity contribution in [1.82, 2.24) is 5.32 Å². The second-order valence-electron chi connectivity index (χ2n) is 6.87. The maximum atomic E-state index is 3.76. The molecule has 1 heteroatoms. The Balaban J connectivity index is 1.83. The molecule has 0 aliphatic heterocycles. The van der Waals surface area contributed by atoms with E-state index >= 15 is 0 Å². The Kier molecular flexibility index (Phi) is 11.4. The zero-order valence-corrected chi connectivity index (χ0v) is 14.3. The van der Waals surface area contributed by atoms with E-state index in [4.69, 9.17) is 0 Å². The van der Waals surface area contributed by atoms with Gasteiger partial charge in [0.25, 0.3) is 0 Å². The molecule has 1 aliphatic rings. The highest BCUT2D eigenvalue weighted by atomic mass is 14.9. The highest BCUT2D eigenvalue weighted by Crippen LogP contribution is 2.34. The van der Waals surface area contributed by atoms with Gasteiger partial charge in [-0.3, -0.25) is 0 Å². The summed E-state index contributed by atoms with van der Waals surface area (Å²) in [6, 6.07) is 0.851. The molecule has 20 heavy (non-hydrogen) atoms. The lowest BCUT2D eigenvalue weighted by molar-refractivity contribution is 0.414. The van der Waals surface area contributed by atoms with E-state index in [1.807, 2.05) is 0 Å². The smallest absolute Gasteiger partial charge is 0.00953 e. The lowest BCUT2D eigenvalue weighted by Crippen LogP contribution is -2.31. The molecule has 0 heterocycles. The SMILES string of the molecule is CCCCCCCCCCCCC(NCCC)C1CC1. The van der Waals surface area contributed by atoms with E-state index in [2.05, 4.69) is 19.2 Å². The van der Waals surface area contributed by atoms with E-state index < -0.39 is 0 Å². The van der Waals surface area contributed by atoms with Crippen molar-refractivity contribution < 1.29 is 0 Å². The van der Waals surface area contributed by atoms with Crippen LogP contribution >= 0.6 is 0 Å². The minimum atomic E-state index is 0.851. The summed E-state index contributed by atoms with van der Waals surface area (Å²) in [5.74, 6) is 1.03. The van der Waals surface area contributed by atoms with Crippen LogP contribution in [0.15, 0.2) is 0 Å². The van der Waals surface area contributed by atoms with Crippen LogP contribution < -0.4 is 5.32 Å². The van der Waals surface area contributed by atoms with Crippen molar-refractivity contribution in [2.24, 2.45) is 5.92 Å². The summed E-state index contributed by atoms with van der Waals surface area (Å²) in [4.78, 5) is 0. The van der Waals surface area contributed by atoms with Gasteiger partial charge in [0.15, 0.2) is 0 Å². The van der Waals surface area contributed by atoms with Crippen molar-refractivity contribution in [2.45, 2.75) is 110 Å². The van der Waals surface area contributed by atoms with Crippen molar-refractivity contribution >= 4 is 0 Å². The Morgan fingerprint density at radius 2 is 1.30 bits per heavy atom. The van der Waals surface area contributed by atoms with Crippen molar-refractivity contribution in [2.75, 3.05) is 6.54 Å². The zero-order valence-electron chi connectivity index (χ0n) is 14.3.